The molecule has 7 rings (SSSR count). The number of benzene rings is 2. The van der Waals surface area contributed by atoms with Gasteiger partial charge in [0.15, 0.2) is 11.6 Å². The highest BCUT2D eigenvalue weighted by atomic mass is 19.2. The predicted molar refractivity (Wildman–Crippen MR) is 141 cm³/mol. The van der Waals surface area contributed by atoms with Crippen molar-refractivity contribution in [3.63, 3.8) is 0 Å². The van der Waals surface area contributed by atoms with E-state index >= 15 is 0 Å². The second kappa shape index (κ2) is 8.99. The largest absolute Gasteiger partial charge is 0.469 e. The van der Waals surface area contributed by atoms with E-state index in [1.54, 1.807) is 12.3 Å². The molecule has 3 heterocycles. The minimum Gasteiger partial charge on any atom is -0.469 e. The minimum atomic E-state index is -0.900. The second-order valence-corrected chi connectivity index (χ2v) is 11.6. The maximum absolute atomic E-state index is 14.6. The molecule has 2 saturated carbocycles. The Morgan fingerprint density at radius 1 is 1.13 bits per heavy atom. The Labute approximate surface area is 225 Å². The molecule has 1 spiro atoms. The Bertz CT molecular complexity index is 1580. The number of carbonyl (C=O) groups is 1. The van der Waals surface area contributed by atoms with Gasteiger partial charge in [0.05, 0.1) is 30.7 Å². The molecule has 0 amide bonds. The lowest BCUT2D eigenvalue weighted by Gasteiger charge is -2.57. The van der Waals surface area contributed by atoms with Crippen LogP contribution in [0.1, 0.15) is 78.3 Å². The molecule has 0 bridgehead atoms. The van der Waals surface area contributed by atoms with E-state index in [1.807, 2.05) is 0 Å². The Kier molecular flexibility index (Phi) is 5.64. The van der Waals surface area contributed by atoms with Gasteiger partial charge in [0.2, 0.25) is 0 Å². The van der Waals surface area contributed by atoms with Crippen molar-refractivity contribution in [1.82, 2.24) is 4.57 Å². The number of fused-ring (bicyclic) bond motifs is 2. The van der Waals surface area contributed by atoms with Crippen molar-refractivity contribution in [2.24, 2.45) is 16.3 Å². The Morgan fingerprint density at radius 2 is 1.90 bits per heavy atom. The molecule has 0 N–H and O–H groups in total. The van der Waals surface area contributed by atoms with Crippen molar-refractivity contribution in [2.45, 2.75) is 56.9 Å². The van der Waals surface area contributed by atoms with Gasteiger partial charge in [0.25, 0.3) is 0 Å². The maximum Gasteiger partial charge on any atom is 0.308 e. The maximum atomic E-state index is 14.6. The standard InChI is InChI=1S/C31H29F2N3O3/c1-38-30(37)20-12-31(13-20)10-19(11-31)27-28-22(14-34)23-16-35-15-18(23)8-26(28)36(21-2-3-24(32)25(33)9-21)29(27)17-4-6-39-7-5-17/h2-3,8-9,15,17,19-20H,4-7,10-13,16H2,1H3. The average Bonchev–Trinajstić information content (AvgIpc) is 3.50. The molecule has 39 heavy (non-hydrogen) atoms. The minimum absolute atomic E-state index is 0.0375. The number of ether oxygens (including phenoxy) is 2. The van der Waals surface area contributed by atoms with Crippen LogP contribution in [0.5, 0.6) is 0 Å². The summed E-state index contributed by atoms with van der Waals surface area (Å²) in [6, 6.07) is 8.59. The van der Waals surface area contributed by atoms with Crippen LogP contribution in [-0.2, 0) is 20.8 Å². The number of methoxy groups -OCH3 is 1. The summed E-state index contributed by atoms with van der Waals surface area (Å²) in [5.74, 6) is -1.59. The third kappa shape index (κ3) is 3.66. The molecule has 1 aromatic heterocycles. The number of esters is 1. The monoisotopic (exact) mass is 529 g/mol. The summed E-state index contributed by atoms with van der Waals surface area (Å²) in [6.45, 7) is 1.73. The van der Waals surface area contributed by atoms with Gasteiger partial charge in [0, 0.05) is 59.3 Å². The fraction of sp³-hybridized carbons (Fsp3) is 0.452. The third-order valence-corrected chi connectivity index (χ3v) is 9.50. The fourth-order valence-electron chi connectivity index (χ4n) is 7.73. The van der Waals surface area contributed by atoms with Crippen LogP contribution >= 0.6 is 0 Å². The summed E-state index contributed by atoms with van der Waals surface area (Å²) < 4.78 is 41.4. The number of aromatic nitrogens is 1. The van der Waals surface area contributed by atoms with Gasteiger partial charge in [-0.3, -0.25) is 9.79 Å². The highest BCUT2D eigenvalue weighted by Crippen LogP contribution is 2.66. The number of nitriles is 1. The van der Waals surface area contributed by atoms with Crippen LogP contribution in [-0.4, -0.2) is 37.1 Å². The van der Waals surface area contributed by atoms with Crippen LogP contribution in [0.25, 0.3) is 16.6 Å². The van der Waals surface area contributed by atoms with Gasteiger partial charge in [-0.15, -0.1) is 0 Å². The van der Waals surface area contributed by atoms with Gasteiger partial charge in [0.1, 0.15) is 6.07 Å². The van der Waals surface area contributed by atoms with Gasteiger partial charge >= 0.3 is 5.97 Å². The molecule has 200 valence electrons. The molecule has 2 aromatic carbocycles. The Hall–Kier alpha value is -3.57. The number of hydrogen-bond acceptors (Lipinski definition) is 5. The quantitative estimate of drug-likeness (QED) is 0.386. The number of rotatable bonds is 4. The third-order valence-electron chi connectivity index (χ3n) is 9.50. The van der Waals surface area contributed by atoms with E-state index in [0.29, 0.717) is 31.0 Å². The van der Waals surface area contributed by atoms with Crippen LogP contribution in [0.4, 0.5) is 8.78 Å². The number of carbonyl (C=O) groups excluding carboxylic acids is 1. The van der Waals surface area contributed by atoms with Crippen LogP contribution < -0.4 is 0 Å². The summed E-state index contributed by atoms with van der Waals surface area (Å²) in [6.07, 6.45) is 6.97. The van der Waals surface area contributed by atoms with Gasteiger partial charge in [-0.1, -0.05) is 0 Å². The van der Waals surface area contributed by atoms with Crippen LogP contribution in [0, 0.1) is 34.3 Å². The first kappa shape index (κ1) is 24.5. The molecule has 6 nitrogen and oxygen atoms in total. The van der Waals surface area contributed by atoms with Crippen molar-refractivity contribution in [3.05, 3.63) is 63.8 Å². The van der Waals surface area contributed by atoms with Crippen molar-refractivity contribution in [3.8, 4) is 11.8 Å². The lowest BCUT2D eigenvalue weighted by atomic mass is 9.47. The lowest BCUT2D eigenvalue weighted by Crippen LogP contribution is -2.49. The van der Waals surface area contributed by atoms with Crippen molar-refractivity contribution in [1.29, 1.82) is 5.26 Å². The van der Waals surface area contributed by atoms with E-state index in [4.69, 9.17) is 9.47 Å². The highest BCUT2D eigenvalue weighted by Gasteiger charge is 2.56. The average molecular weight is 530 g/mol. The molecule has 2 aliphatic heterocycles. The number of aliphatic imine (C=N–C) groups is 1. The van der Waals surface area contributed by atoms with Crippen molar-refractivity contribution >= 4 is 23.1 Å². The van der Waals surface area contributed by atoms with E-state index in [9.17, 15) is 18.8 Å². The molecule has 3 fully saturated rings. The van der Waals surface area contributed by atoms with Gasteiger partial charge in [-0.05, 0) is 73.6 Å². The molecule has 3 aromatic rings. The van der Waals surface area contributed by atoms with Crippen molar-refractivity contribution in [2.75, 3.05) is 20.3 Å². The van der Waals surface area contributed by atoms with Crippen LogP contribution in [0.15, 0.2) is 29.3 Å². The van der Waals surface area contributed by atoms with Gasteiger partial charge < -0.3 is 14.0 Å². The van der Waals surface area contributed by atoms with E-state index in [1.165, 1.54) is 19.2 Å². The van der Waals surface area contributed by atoms with Crippen LogP contribution in [0.2, 0.25) is 0 Å². The van der Waals surface area contributed by atoms with Crippen LogP contribution in [0.3, 0.4) is 0 Å². The summed E-state index contributed by atoms with van der Waals surface area (Å²) in [5, 5.41) is 11.4. The summed E-state index contributed by atoms with van der Waals surface area (Å²) in [5.41, 5.74) is 6.20. The molecular weight excluding hydrogens is 500 g/mol. The molecule has 0 radical (unpaired) electrons. The Balaban J connectivity index is 1.44. The SMILES string of the molecule is COC(=O)C1CC2(C1)CC(c1c(C3CCOCC3)n(-c3ccc(F)c(F)c3)c3cc4c(c(C#N)c13)CN=C4)C2. The van der Waals surface area contributed by atoms with Gasteiger partial charge in [-0.25, -0.2) is 8.78 Å². The first-order chi connectivity index (χ1) is 18.9. The first-order valence-corrected chi connectivity index (χ1v) is 13.7. The molecule has 0 unspecified atom stereocenters. The number of nitrogens with zero attached hydrogens (tertiary/aromatic N) is 3. The fourth-order valence-corrected chi connectivity index (χ4v) is 7.73. The zero-order valence-corrected chi connectivity index (χ0v) is 21.8. The summed E-state index contributed by atoms with van der Waals surface area (Å²) >= 11 is 0. The van der Waals surface area contributed by atoms with E-state index in [2.05, 4.69) is 21.7 Å². The zero-order valence-electron chi connectivity index (χ0n) is 21.8. The summed E-state index contributed by atoms with van der Waals surface area (Å²) in [4.78, 5) is 16.5. The highest BCUT2D eigenvalue weighted by molar-refractivity contribution is 6.00. The number of halogens is 2. The van der Waals surface area contributed by atoms with Gasteiger partial charge in [-0.2, -0.15) is 5.26 Å². The first-order valence-electron chi connectivity index (χ1n) is 13.7. The summed E-state index contributed by atoms with van der Waals surface area (Å²) in [7, 11) is 1.44. The Morgan fingerprint density at radius 3 is 2.59 bits per heavy atom. The zero-order chi connectivity index (χ0) is 26.9. The molecular formula is C31H29F2N3O3. The molecule has 8 heteroatoms. The molecule has 2 aliphatic carbocycles. The smallest absolute Gasteiger partial charge is 0.308 e. The van der Waals surface area contributed by atoms with E-state index < -0.39 is 11.6 Å². The predicted octanol–water partition coefficient (Wildman–Crippen LogP) is 6.05. The molecule has 0 atom stereocenters. The normalized spacial score (nSPS) is 25.8. The lowest BCUT2D eigenvalue weighted by molar-refractivity contribution is -0.159. The second-order valence-electron chi connectivity index (χ2n) is 11.6. The molecule has 4 aliphatic rings. The topological polar surface area (TPSA) is 76.6 Å². The van der Waals surface area contributed by atoms with E-state index in [-0.39, 0.29) is 29.1 Å². The number of hydrogen-bond donors (Lipinski definition) is 0. The molecule has 1 saturated heterocycles. The van der Waals surface area contributed by atoms with Crippen molar-refractivity contribution < 1.29 is 23.0 Å². The van der Waals surface area contributed by atoms with E-state index in [0.717, 1.165) is 71.8 Å².